The Balaban J connectivity index is 2.67. The van der Waals surface area contributed by atoms with Crippen LogP contribution in [0.2, 0.25) is 0 Å². The largest absolute Gasteiger partial charge is 0.288 e. The van der Waals surface area contributed by atoms with Crippen LogP contribution in [0.3, 0.4) is 0 Å². The van der Waals surface area contributed by atoms with Gasteiger partial charge >= 0.3 is 0 Å². The zero-order valence-electron chi connectivity index (χ0n) is 9.26. The van der Waals surface area contributed by atoms with Crippen LogP contribution in [0.25, 0.3) is 0 Å². The van der Waals surface area contributed by atoms with Gasteiger partial charge < -0.3 is 0 Å². The predicted molar refractivity (Wildman–Crippen MR) is 65.9 cm³/mol. The third kappa shape index (κ3) is 4.22. The molecule has 0 atom stereocenters. The van der Waals surface area contributed by atoms with Crippen LogP contribution in [0, 0.1) is 25.7 Å². The Labute approximate surface area is 95.3 Å². The Morgan fingerprint density at radius 3 is 2.73 bits per heavy atom. The Bertz CT molecular complexity index is 424. The minimum atomic E-state index is 0.116. The van der Waals surface area contributed by atoms with Crippen molar-refractivity contribution in [3.8, 4) is 11.8 Å². The lowest BCUT2D eigenvalue weighted by Gasteiger charge is -1.98. The van der Waals surface area contributed by atoms with Crippen LogP contribution in [0.4, 0.5) is 0 Å². The van der Waals surface area contributed by atoms with Crippen LogP contribution < -0.4 is 0 Å². The van der Waals surface area contributed by atoms with Crippen molar-refractivity contribution in [2.45, 2.75) is 20.8 Å². The van der Waals surface area contributed by atoms with Crippen molar-refractivity contribution < 1.29 is 4.79 Å². The van der Waals surface area contributed by atoms with Gasteiger partial charge in [-0.2, -0.15) is 0 Å². The number of benzene rings is 1. The molecular weight excluding hydrogens is 204 g/mol. The molecule has 0 aliphatic rings. The summed E-state index contributed by atoms with van der Waals surface area (Å²) in [7, 11) is 0. The third-order valence-electron chi connectivity index (χ3n) is 1.95. The average Bonchev–Trinajstić information content (AvgIpc) is 2.14. The highest BCUT2D eigenvalue weighted by Crippen LogP contribution is 2.09. The van der Waals surface area contributed by atoms with Crippen molar-refractivity contribution >= 4 is 16.9 Å². The number of rotatable bonds is 1. The second-order valence-corrected chi connectivity index (χ2v) is 4.55. The van der Waals surface area contributed by atoms with Gasteiger partial charge in [-0.25, -0.2) is 0 Å². The fourth-order valence-electron chi connectivity index (χ4n) is 1.22. The first kappa shape index (κ1) is 11.9. The van der Waals surface area contributed by atoms with Crippen LogP contribution in [0.15, 0.2) is 18.2 Å². The van der Waals surface area contributed by atoms with Gasteiger partial charge in [0.25, 0.3) is 0 Å². The maximum absolute atomic E-state index is 10.7. The number of thioether (sulfide) groups is 1. The fraction of sp³-hybridized carbons (Fsp3) is 0.308. The SMILES string of the molecule is CC(=O)SCC#Cc1ccc(C)cc1C. The molecule has 0 unspecified atom stereocenters. The minimum Gasteiger partial charge on any atom is -0.288 e. The van der Waals surface area contributed by atoms with Crippen LogP contribution >= 0.6 is 11.8 Å². The highest BCUT2D eigenvalue weighted by molar-refractivity contribution is 8.13. The molecule has 15 heavy (non-hydrogen) atoms. The lowest BCUT2D eigenvalue weighted by atomic mass is 10.1. The van der Waals surface area contributed by atoms with Crippen molar-refractivity contribution in [1.29, 1.82) is 0 Å². The van der Waals surface area contributed by atoms with Crippen LogP contribution in [-0.2, 0) is 4.79 Å². The molecule has 0 amide bonds. The van der Waals surface area contributed by atoms with Crippen LogP contribution in [0.1, 0.15) is 23.6 Å². The molecule has 1 nitrogen and oxygen atoms in total. The molecule has 0 aromatic heterocycles. The molecule has 0 radical (unpaired) electrons. The van der Waals surface area contributed by atoms with Crippen molar-refractivity contribution in [2.75, 3.05) is 5.75 Å². The van der Waals surface area contributed by atoms with Gasteiger partial charge in [0.05, 0.1) is 5.75 Å². The van der Waals surface area contributed by atoms with Gasteiger partial charge in [-0.05, 0) is 25.5 Å². The molecule has 78 valence electrons. The molecule has 1 rings (SSSR count). The van der Waals surface area contributed by atoms with E-state index < -0.39 is 0 Å². The summed E-state index contributed by atoms with van der Waals surface area (Å²) >= 11 is 1.25. The topological polar surface area (TPSA) is 17.1 Å². The van der Waals surface area contributed by atoms with E-state index in [2.05, 4.69) is 37.8 Å². The Hall–Kier alpha value is -1.20. The van der Waals surface area contributed by atoms with Gasteiger partial charge in [0.15, 0.2) is 5.12 Å². The standard InChI is InChI=1S/C13H14OS/c1-10-6-7-13(11(2)9-10)5-4-8-15-12(3)14/h6-7,9H,8H2,1-3H3. The van der Waals surface area contributed by atoms with E-state index in [1.807, 2.05) is 6.07 Å². The zero-order chi connectivity index (χ0) is 11.3. The summed E-state index contributed by atoms with van der Waals surface area (Å²) < 4.78 is 0. The maximum Gasteiger partial charge on any atom is 0.186 e. The van der Waals surface area contributed by atoms with Crippen molar-refractivity contribution in [3.63, 3.8) is 0 Å². The third-order valence-corrected chi connectivity index (χ3v) is 2.65. The summed E-state index contributed by atoms with van der Waals surface area (Å²) in [6, 6.07) is 6.19. The van der Waals surface area contributed by atoms with Gasteiger partial charge in [-0.3, -0.25) is 4.79 Å². The summed E-state index contributed by atoms with van der Waals surface area (Å²) in [6.07, 6.45) is 0. The lowest BCUT2D eigenvalue weighted by molar-refractivity contribution is -0.109. The summed E-state index contributed by atoms with van der Waals surface area (Å²) in [6.45, 7) is 5.68. The second-order valence-electron chi connectivity index (χ2n) is 3.40. The molecule has 0 N–H and O–H groups in total. The molecule has 0 aliphatic carbocycles. The van der Waals surface area contributed by atoms with Crippen molar-refractivity contribution in [2.24, 2.45) is 0 Å². The first-order chi connectivity index (χ1) is 7.09. The smallest absolute Gasteiger partial charge is 0.186 e. The zero-order valence-corrected chi connectivity index (χ0v) is 10.1. The monoisotopic (exact) mass is 218 g/mol. The predicted octanol–water partition coefficient (Wildman–Crippen LogP) is 2.93. The van der Waals surface area contributed by atoms with Gasteiger partial charge in [0, 0.05) is 12.5 Å². The van der Waals surface area contributed by atoms with Crippen LogP contribution in [-0.4, -0.2) is 10.9 Å². The van der Waals surface area contributed by atoms with Gasteiger partial charge in [-0.1, -0.05) is 41.3 Å². The van der Waals surface area contributed by atoms with E-state index in [0.717, 1.165) is 5.56 Å². The highest BCUT2D eigenvalue weighted by atomic mass is 32.2. The Kier molecular flexibility index (Phi) is 4.45. The normalized spacial score (nSPS) is 9.27. The molecule has 0 spiro atoms. The highest BCUT2D eigenvalue weighted by Gasteiger charge is 1.94. The first-order valence-corrected chi connectivity index (χ1v) is 5.77. The minimum absolute atomic E-state index is 0.116. The number of hydrogen-bond acceptors (Lipinski definition) is 2. The van der Waals surface area contributed by atoms with E-state index in [1.165, 1.54) is 22.9 Å². The van der Waals surface area contributed by atoms with Gasteiger partial charge in [0.2, 0.25) is 0 Å². The van der Waals surface area contributed by atoms with E-state index in [-0.39, 0.29) is 5.12 Å². The van der Waals surface area contributed by atoms with E-state index in [0.29, 0.717) is 5.75 Å². The molecule has 0 bridgehead atoms. The van der Waals surface area contributed by atoms with Crippen molar-refractivity contribution in [1.82, 2.24) is 0 Å². The molecule has 2 heteroatoms. The molecule has 0 saturated heterocycles. The molecule has 1 aromatic carbocycles. The first-order valence-electron chi connectivity index (χ1n) is 4.79. The lowest BCUT2D eigenvalue weighted by Crippen LogP contribution is -1.85. The van der Waals surface area contributed by atoms with Crippen molar-refractivity contribution in [3.05, 3.63) is 34.9 Å². The van der Waals surface area contributed by atoms with Gasteiger partial charge in [-0.15, -0.1) is 0 Å². The number of carbonyl (C=O) groups excluding carboxylic acids is 1. The number of aryl methyl sites for hydroxylation is 2. The average molecular weight is 218 g/mol. The quantitative estimate of drug-likeness (QED) is 0.674. The Morgan fingerprint density at radius 2 is 2.13 bits per heavy atom. The van der Waals surface area contributed by atoms with Crippen LogP contribution in [0.5, 0.6) is 0 Å². The molecule has 0 saturated carbocycles. The molecular formula is C13H14OS. The van der Waals surface area contributed by atoms with E-state index in [4.69, 9.17) is 0 Å². The van der Waals surface area contributed by atoms with E-state index in [9.17, 15) is 4.79 Å². The molecule has 0 aliphatic heterocycles. The summed E-state index contributed by atoms with van der Waals surface area (Å²) in [5.41, 5.74) is 3.48. The second kappa shape index (κ2) is 5.63. The summed E-state index contributed by atoms with van der Waals surface area (Å²) in [5, 5.41) is 0.116. The number of carbonyl (C=O) groups is 1. The number of hydrogen-bond donors (Lipinski definition) is 0. The summed E-state index contributed by atoms with van der Waals surface area (Å²) in [4.78, 5) is 10.7. The maximum atomic E-state index is 10.7. The molecule has 1 aromatic rings. The van der Waals surface area contributed by atoms with Gasteiger partial charge in [0.1, 0.15) is 0 Å². The molecule has 0 heterocycles. The van der Waals surface area contributed by atoms with E-state index in [1.54, 1.807) is 6.92 Å². The van der Waals surface area contributed by atoms with E-state index >= 15 is 0 Å². The molecule has 0 fully saturated rings. The summed E-state index contributed by atoms with van der Waals surface area (Å²) in [5.74, 6) is 6.63. The fourth-order valence-corrected chi connectivity index (χ4v) is 1.57. The Morgan fingerprint density at radius 1 is 1.40 bits per heavy atom.